The van der Waals surface area contributed by atoms with Crippen LogP contribution in [0.2, 0.25) is 0 Å². The topological polar surface area (TPSA) is 48.1 Å². The number of piperidine rings is 1. The van der Waals surface area contributed by atoms with Crippen molar-refractivity contribution in [1.82, 2.24) is 19.9 Å². The number of aromatic amines is 1. The molecule has 2 aromatic rings. The zero-order chi connectivity index (χ0) is 14.1. The highest BCUT2D eigenvalue weighted by Crippen LogP contribution is 2.28. The predicted octanol–water partition coefficient (Wildman–Crippen LogP) is 2.97. The van der Waals surface area contributed by atoms with Crippen molar-refractivity contribution in [2.75, 3.05) is 31.6 Å². The smallest absolute Gasteiger partial charge is 0.142 e. The van der Waals surface area contributed by atoms with E-state index in [0.717, 1.165) is 29.9 Å². The number of halogens is 2. The van der Waals surface area contributed by atoms with E-state index in [1.54, 1.807) is 6.33 Å². The van der Waals surface area contributed by atoms with Crippen molar-refractivity contribution in [3.05, 3.63) is 18.6 Å². The molecule has 1 saturated heterocycles. The fourth-order valence-corrected chi connectivity index (χ4v) is 3.20. The summed E-state index contributed by atoms with van der Waals surface area (Å²) in [6, 6.07) is 2.57. The third-order valence-corrected chi connectivity index (χ3v) is 4.61. The number of hydrogen-bond acceptors (Lipinski definition) is 4. The van der Waals surface area contributed by atoms with E-state index >= 15 is 0 Å². The van der Waals surface area contributed by atoms with Crippen LogP contribution >= 0.6 is 24.8 Å². The number of nitrogens with zero attached hydrogens (tertiary/aromatic N) is 4. The lowest BCUT2D eigenvalue weighted by Gasteiger charge is -2.42. The van der Waals surface area contributed by atoms with Crippen LogP contribution in [0.3, 0.4) is 0 Å². The van der Waals surface area contributed by atoms with Crippen LogP contribution < -0.4 is 4.90 Å². The van der Waals surface area contributed by atoms with Crippen LogP contribution in [0.25, 0.3) is 11.0 Å². The van der Waals surface area contributed by atoms with Crippen molar-refractivity contribution in [3.63, 3.8) is 0 Å². The Morgan fingerprint density at radius 1 is 1.36 bits per heavy atom. The molecule has 0 amide bonds. The van der Waals surface area contributed by atoms with E-state index in [-0.39, 0.29) is 24.8 Å². The highest BCUT2D eigenvalue weighted by molar-refractivity contribution is 5.87. The quantitative estimate of drug-likeness (QED) is 0.928. The average molecular weight is 346 g/mol. The van der Waals surface area contributed by atoms with Gasteiger partial charge in [0.2, 0.25) is 0 Å². The molecule has 1 aliphatic heterocycles. The molecule has 3 rings (SSSR count). The lowest BCUT2D eigenvalue weighted by molar-refractivity contribution is 0.173. The monoisotopic (exact) mass is 345 g/mol. The molecule has 0 saturated carbocycles. The third kappa shape index (κ3) is 3.47. The maximum atomic E-state index is 4.52. The first-order valence-corrected chi connectivity index (χ1v) is 7.44. The van der Waals surface area contributed by atoms with Gasteiger partial charge in [-0.2, -0.15) is 0 Å². The highest BCUT2D eigenvalue weighted by Gasteiger charge is 2.29. The van der Waals surface area contributed by atoms with Gasteiger partial charge in [-0.05, 0) is 31.5 Å². The minimum atomic E-state index is 0. The van der Waals surface area contributed by atoms with Gasteiger partial charge in [-0.3, -0.25) is 0 Å². The van der Waals surface area contributed by atoms with Gasteiger partial charge in [-0.1, -0.05) is 13.8 Å². The molecule has 0 spiro atoms. The van der Waals surface area contributed by atoms with Crippen LogP contribution in [-0.2, 0) is 0 Å². The Labute approximate surface area is 144 Å². The van der Waals surface area contributed by atoms with Gasteiger partial charge < -0.3 is 14.8 Å². The van der Waals surface area contributed by atoms with E-state index in [2.05, 4.69) is 51.7 Å². The summed E-state index contributed by atoms with van der Waals surface area (Å²) in [4.78, 5) is 16.8. The van der Waals surface area contributed by atoms with Crippen molar-refractivity contribution in [2.45, 2.75) is 26.3 Å². The summed E-state index contributed by atoms with van der Waals surface area (Å²) in [5.74, 6) is 1.72. The Bertz CT molecular complexity index is 588. The molecule has 7 heteroatoms. The van der Waals surface area contributed by atoms with Gasteiger partial charge in [0.15, 0.2) is 0 Å². The average Bonchev–Trinajstić information content (AvgIpc) is 2.95. The number of likely N-dealkylation sites (N-methyl/N-ethyl adjacent to an activating group) is 2. The molecular formula is C15H25Cl2N5. The Kier molecular flexibility index (Phi) is 6.91. The van der Waals surface area contributed by atoms with Gasteiger partial charge in [-0.15, -0.1) is 24.8 Å². The number of hydrogen-bond donors (Lipinski definition) is 1. The Balaban J connectivity index is 0.00000121. The zero-order valence-electron chi connectivity index (χ0n) is 13.3. The van der Waals surface area contributed by atoms with Gasteiger partial charge in [0.25, 0.3) is 0 Å². The summed E-state index contributed by atoms with van der Waals surface area (Å²) in [7, 11) is 2.16. The molecule has 0 unspecified atom stereocenters. The Morgan fingerprint density at radius 3 is 2.86 bits per heavy atom. The summed E-state index contributed by atoms with van der Waals surface area (Å²) in [6.45, 7) is 8.04. The summed E-state index contributed by atoms with van der Waals surface area (Å²) in [5.41, 5.74) is 0.915. The molecule has 5 nitrogen and oxygen atoms in total. The number of anilines is 1. The zero-order valence-corrected chi connectivity index (χ0v) is 15.0. The van der Waals surface area contributed by atoms with E-state index in [4.69, 9.17) is 0 Å². The first-order valence-electron chi connectivity index (χ1n) is 7.44. The van der Waals surface area contributed by atoms with Crippen LogP contribution in [0.4, 0.5) is 5.82 Å². The van der Waals surface area contributed by atoms with Gasteiger partial charge in [0.05, 0.1) is 5.39 Å². The summed E-state index contributed by atoms with van der Waals surface area (Å²) in [6.07, 6.45) is 4.83. The predicted molar refractivity (Wildman–Crippen MR) is 96.5 cm³/mol. The molecule has 0 bridgehead atoms. The summed E-state index contributed by atoms with van der Waals surface area (Å²) < 4.78 is 0. The fourth-order valence-electron chi connectivity index (χ4n) is 3.20. The first-order chi connectivity index (χ1) is 9.70. The van der Waals surface area contributed by atoms with Gasteiger partial charge in [0, 0.05) is 25.8 Å². The molecule has 22 heavy (non-hydrogen) atoms. The van der Waals surface area contributed by atoms with Crippen molar-refractivity contribution in [2.24, 2.45) is 5.92 Å². The van der Waals surface area contributed by atoms with E-state index in [0.29, 0.717) is 12.0 Å². The molecule has 1 N–H and O–H groups in total. The SMILES string of the molecule is CCN1CC[C@@H](C)[C@@H](N(C)c2ncnc3[nH]ccc23)C1.Cl.Cl. The van der Waals surface area contributed by atoms with E-state index in [9.17, 15) is 0 Å². The van der Waals surface area contributed by atoms with E-state index in [1.807, 2.05) is 6.20 Å². The number of rotatable bonds is 3. The van der Waals surface area contributed by atoms with Gasteiger partial charge in [0.1, 0.15) is 17.8 Å². The number of nitrogens with one attached hydrogen (secondary N) is 1. The lowest BCUT2D eigenvalue weighted by Crippen LogP contribution is -2.51. The second kappa shape index (κ2) is 7.99. The maximum Gasteiger partial charge on any atom is 0.142 e. The van der Waals surface area contributed by atoms with Crippen LogP contribution in [0.5, 0.6) is 0 Å². The van der Waals surface area contributed by atoms with Gasteiger partial charge >= 0.3 is 0 Å². The summed E-state index contributed by atoms with van der Waals surface area (Å²) in [5, 5.41) is 1.11. The normalized spacial score (nSPS) is 22.0. The molecule has 0 aliphatic carbocycles. The first kappa shape index (κ1) is 19.0. The van der Waals surface area contributed by atoms with Crippen molar-refractivity contribution >= 4 is 41.7 Å². The largest absolute Gasteiger partial charge is 0.354 e. The van der Waals surface area contributed by atoms with Crippen molar-refractivity contribution < 1.29 is 0 Å². The molecule has 2 aromatic heterocycles. The molecule has 3 heterocycles. The van der Waals surface area contributed by atoms with Crippen LogP contribution in [0, 0.1) is 5.92 Å². The standard InChI is InChI=1S/C15H23N5.2ClH/c1-4-20-8-6-11(2)13(9-20)19(3)15-12-5-7-16-14(12)17-10-18-15;;/h5,7,10-11,13H,4,6,8-9H2,1-3H3,(H,16,17,18);2*1H/t11-,13+;;/m1../s1. The second-order valence-corrected chi connectivity index (χ2v) is 5.77. The fraction of sp³-hybridized carbons (Fsp3) is 0.600. The van der Waals surface area contributed by atoms with E-state index in [1.165, 1.54) is 13.0 Å². The summed E-state index contributed by atoms with van der Waals surface area (Å²) >= 11 is 0. The molecule has 0 aromatic carbocycles. The van der Waals surface area contributed by atoms with Gasteiger partial charge in [-0.25, -0.2) is 9.97 Å². The van der Waals surface area contributed by atoms with Crippen LogP contribution in [0.1, 0.15) is 20.3 Å². The van der Waals surface area contributed by atoms with Crippen LogP contribution in [-0.4, -0.2) is 52.6 Å². The second-order valence-electron chi connectivity index (χ2n) is 5.77. The molecule has 1 fully saturated rings. The third-order valence-electron chi connectivity index (χ3n) is 4.61. The van der Waals surface area contributed by atoms with Crippen molar-refractivity contribution in [3.8, 4) is 0 Å². The number of H-pyrrole nitrogens is 1. The van der Waals surface area contributed by atoms with Crippen LogP contribution in [0.15, 0.2) is 18.6 Å². The minimum Gasteiger partial charge on any atom is -0.354 e. The molecule has 0 radical (unpaired) electrons. The molecular weight excluding hydrogens is 321 g/mol. The minimum absolute atomic E-state index is 0. The maximum absolute atomic E-state index is 4.52. The molecule has 1 aliphatic rings. The van der Waals surface area contributed by atoms with Crippen molar-refractivity contribution in [1.29, 1.82) is 0 Å². The highest BCUT2D eigenvalue weighted by atomic mass is 35.5. The molecule has 2 atom stereocenters. The number of likely N-dealkylation sites (tertiary alicyclic amines) is 1. The number of fused-ring (bicyclic) bond motifs is 1. The Morgan fingerprint density at radius 2 is 2.14 bits per heavy atom. The lowest BCUT2D eigenvalue weighted by atomic mass is 9.92. The van der Waals surface area contributed by atoms with E-state index < -0.39 is 0 Å². The Hall–Kier alpha value is -1.04. The molecule has 124 valence electrons. The number of aromatic nitrogens is 3.